The fourth-order valence-corrected chi connectivity index (χ4v) is 4.97. The third-order valence-corrected chi connectivity index (χ3v) is 7.06. The highest BCUT2D eigenvalue weighted by molar-refractivity contribution is 9.10. The first kappa shape index (κ1) is 25.7. The first-order chi connectivity index (χ1) is 18.6. The number of halogens is 1. The first-order valence-electron chi connectivity index (χ1n) is 12.6. The SMILES string of the molecule is O=C(OCc1ccccc1)N1CCCC(n2cc(-c3ccccc3OCc3ccccc3)nc(Br)c2=O)C1. The second-order valence-corrected chi connectivity index (χ2v) is 9.93. The van der Waals surface area contributed by atoms with E-state index >= 15 is 0 Å². The molecule has 1 fully saturated rings. The summed E-state index contributed by atoms with van der Waals surface area (Å²) in [5.41, 5.74) is 3.15. The van der Waals surface area contributed by atoms with E-state index in [1.807, 2.05) is 84.9 Å². The molecule has 1 aliphatic rings. The predicted octanol–water partition coefficient (Wildman–Crippen LogP) is 6.23. The van der Waals surface area contributed by atoms with E-state index in [4.69, 9.17) is 9.47 Å². The fourth-order valence-electron chi connectivity index (χ4n) is 4.58. The summed E-state index contributed by atoms with van der Waals surface area (Å²) in [5, 5.41) is 0. The molecule has 1 unspecified atom stereocenters. The summed E-state index contributed by atoms with van der Waals surface area (Å²) < 4.78 is 13.6. The summed E-state index contributed by atoms with van der Waals surface area (Å²) in [4.78, 5) is 32.1. The smallest absolute Gasteiger partial charge is 0.410 e. The Labute approximate surface area is 229 Å². The van der Waals surface area contributed by atoms with Crippen molar-refractivity contribution in [2.45, 2.75) is 32.1 Å². The molecular weight excluding hydrogens is 546 g/mol. The number of benzene rings is 3. The maximum atomic E-state index is 13.1. The molecule has 0 radical (unpaired) electrons. The second-order valence-electron chi connectivity index (χ2n) is 9.18. The highest BCUT2D eigenvalue weighted by atomic mass is 79.9. The highest BCUT2D eigenvalue weighted by Gasteiger charge is 2.27. The molecule has 0 N–H and O–H groups in total. The largest absolute Gasteiger partial charge is 0.488 e. The average molecular weight is 574 g/mol. The minimum Gasteiger partial charge on any atom is -0.488 e. The number of hydrogen-bond acceptors (Lipinski definition) is 5. The molecule has 3 aromatic carbocycles. The van der Waals surface area contributed by atoms with Crippen molar-refractivity contribution in [3.05, 3.63) is 117 Å². The number of rotatable bonds is 7. The van der Waals surface area contributed by atoms with Crippen LogP contribution in [0.15, 0.2) is 101 Å². The van der Waals surface area contributed by atoms with Crippen molar-refractivity contribution in [2.75, 3.05) is 13.1 Å². The van der Waals surface area contributed by atoms with Gasteiger partial charge < -0.3 is 18.9 Å². The molecule has 7 nitrogen and oxygen atoms in total. The first-order valence-corrected chi connectivity index (χ1v) is 13.4. The number of aromatic nitrogens is 2. The Morgan fingerprint density at radius 2 is 1.58 bits per heavy atom. The Hall–Kier alpha value is -3.91. The predicted molar refractivity (Wildman–Crippen MR) is 149 cm³/mol. The van der Waals surface area contributed by atoms with Gasteiger partial charge in [0.2, 0.25) is 0 Å². The summed E-state index contributed by atoms with van der Waals surface area (Å²) in [6.45, 7) is 1.61. The second kappa shape index (κ2) is 12.1. The van der Waals surface area contributed by atoms with Crippen LogP contribution in [0.4, 0.5) is 4.79 Å². The van der Waals surface area contributed by atoms with Crippen molar-refractivity contribution in [1.82, 2.24) is 14.5 Å². The topological polar surface area (TPSA) is 73.7 Å². The van der Waals surface area contributed by atoms with E-state index in [2.05, 4.69) is 20.9 Å². The van der Waals surface area contributed by atoms with Gasteiger partial charge in [-0.2, -0.15) is 0 Å². The van der Waals surface area contributed by atoms with Crippen LogP contribution in [-0.2, 0) is 18.0 Å². The minimum absolute atomic E-state index is 0.198. The summed E-state index contributed by atoms with van der Waals surface area (Å²) in [6.07, 6.45) is 2.93. The standard InChI is InChI=1S/C30H28BrN3O4/c31-28-29(35)34(24-14-9-17-33(18-24)30(36)38-21-23-12-5-2-6-13-23)19-26(32-28)25-15-7-8-16-27(25)37-20-22-10-3-1-4-11-22/h1-8,10-13,15-16,19,24H,9,14,17-18,20-21H2. The molecule has 1 aliphatic heterocycles. The number of amides is 1. The lowest BCUT2D eigenvalue weighted by atomic mass is 10.1. The van der Waals surface area contributed by atoms with Gasteiger partial charge >= 0.3 is 6.09 Å². The van der Waals surface area contributed by atoms with E-state index < -0.39 is 0 Å². The summed E-state index contributed by atoms with van der Waals surface area (Å²) in [5.74, 6) is 0.677. The molecule has 8 heteroatoms. The molecule has 1 aromatic heterocycles. The van der Waals surface area contributed by atoms with E-state index in [0.717, 1.165) is 29.5 Å². The third kappa shape index (κ3) is 6.14. The van der Waals surface area contributed by atoms with Crippen LogP contribution in [-0.4, -0.2) is 33.6 Å². The third-order valence-electron chi connectivity index (χ3n) is 6.54. The lowest BCUT2D eigenvalue weighted by Gasteiger charge is -2.33. The zero-order chi connectivity index (χ0) is 26.3. The van der Waals surface area contributed by atoms with Gasteiger partial charge in [-0.05, 0) is 52.0 Å². The molecule has 1 saturated heterocycles. The van der Waals surface area contributed by atoms with Crippen LogP contribution in [0.3, 0.4) is 0 Å². The van der Waals surface area contributed by atoms with Crippen molar-refractivity contribution in [1.29, 1.82) is 0 Å². The number of carbonyl (C=O) groups is 1. The number of ether oxygens (including phenoxy) is 2. The molecule has 2 heterocycles. The van der Waals surface area contributed by atoms with Crippen LogP contribution in [0, 0.1) is 0 Å². The fraction of sp³-hybridized carbons (Fsp3) is 0.233. The van der Waals surface area contributed by atoms with Gasteiger partial charge in [0.15, 0.2) is 4.60 Å². The quantitative estimate of drug-likeness (QED) is 0.262. The van der Waals surface area contributed by atoms with Crippen LogP contribution < -0.4 is 10.3 Å². The molecule has 5 rings (SSSR count). The number of hydrogen-bond donors (Lipinski definition) is 0. The van der Waals surface area contributed by atoms with E-state index in [9.17, 15) is 9.59 Å². The molecule has 1 amide bonds. The van der Waals surface area contributed by atoms with Crippen molar-refractivity contribution in [3.8, 4) is 17.0 Å². The zero-order valence-electron chi connectivity index (χ0n) is 20.8. The van der Waals surface area contributed by atoms with Crippen LogP contribution in [0.2, 0.25) is 0 Å². The molecule has 0 spiro atoms. The highest BCUT2D eigenvalue weighted by Crippen LogP contribution is 2.31. The van der Waals surface area contributed by atoms with Gasteiger partial charge in [-0.1, -0.05) is 72.8 Å². The molecule has 0 aliphatic carbocycles. The number of carbonyl (C=O) groups excluding carboxylic acids is 1. The minimum atomic E-state index is -0.375. The Morgan fingerprint density at radius 3 is 2.32 bits per heavy atom. The number of nitrogens with zero attached hydrogens (tertiary/aromatic N) is 3. The van der Waals surface area contributed by atoms with Crippen molar-refractivity contribution < 1.29 is 14.3 Å². The van der Waals surface area contributed by atoms with Gasteiger partial charge in [0.25, 0.3) is 5.56 Å². The number of piperidine rings is 1. The Balaban J connectivity index is 1.35. The molecular formula is C30H28BrN3O4. The Kier molecular flexibility index (Phi) is 8.19. The van der Waals surface area contributed by atoms with Crippen LogP contribution in [0.5, 0.6) is 5.75 Å². The van der Waals surface area contributed by atoms with Gasteiger partial charge in [-0.15, -0.1) is 0 Å². The molecule has 4 aromatic rings. The zero-order valence-corrected chi connectivity index (χ0v) is 22.4. The summed E-state index contributed by atoms with van der Waals surface area (Å²) >= 11 is 3.37. The Bertz CT molecular complexity index is 1440. The molecule has 194 valence electrons. The van der Waals surface area contributed by atoms with E-state index in [0.29, 0.717) is 31.1 Å². The van der Waals surface area contributed by atoms with Crippen LogP contribution in [0.25, 0.3) is 11.3 Å². The monoisotopic (exact) mass is 573 g/mol. The van der Waals surface area contributed by atoms with Gasteiger partial charge in [-0.25, -0.2) is 9.78 Å². The van der Waals surface area contributed by atoms with E-state index in [-0.39, 0.29) is 28.9 Å². The van der Waals surface area contributed by atoms with Crippen molar-refractivity contribution in [3.63, 3.8) is 0 Å². The lowest BCUT2D eigenvalue weighted by Crippen LogP contribution is -2.43. The van der Waals surface area contributed by atoms with Gasteiger partial charge in [-0.3, -0.25) is 4.79 Å². The van der Waals surface area contributed by atoms with Crippen LogP contribution in [0.1, 0.15) is 30.0 Å². The number of para-hydroxylation sites is 1. The van der Waals surface area contributed by atoms with Gasteiger partial charge in [0.1, 0.15) is 19.0 Å². The van der Waals surface area contributed by atoms with E-state index in [1.165, 1.54) is 0 Å². The normalized spacial score (nSPS) is 15.2. The summed E-state index contributed by atoms with van der Waals surface area (Å²) in [7, 11) is 0. The van der Waals surface area contributed by atoms with E-state index in [1.54, 1.807) is 15.7 Å². The Morgan fingerprint density at radius 1 is 0.921 bits per heavy atom. The number of likely N-dealkylation sites (tertiary alicyclic amines) is 1. The molecule has 0 bridgehead atoms. The van der Waals surface area contributed by atoms with Crippen molar-refractivity contribution >= 4 is 22.0 Å². The average Bonchev–Trinajstić information content (AvgIpc) is 2.97. The molecule has 0 saturated carbocycles. The van der Waals surface area contributed by atoms with Gasteiger partial charge in [0, 0.05) is 24.8 Å². The molecule has 1 atom stereocenters. The lowest BCUT2D eigenvalue weighted by molar-refractivity contribution is 0.0798. The summed E-state index contributed by atoms with van der Waals surface area (Å²) in [6, 6.07) is 27.0. The molecule has 38 heavy (non-hydrogen) atoms. The maximum Gasteiger partial charge on any atom is 0.410 e. The van der Waals surface area contributed by atoms with Gasteiger partial charge in [0.05, 0.1) is 11.7 Å². The van der Waals surface area contributed by atoms with Crippen molar-refractivity contribution in [2.24, 2.45) is 0 Å². The van der Waals surface area contributed by atoms with Crippen LogP contribution >= 0.6 is 15.9 Å². The maximum absolute atomic E-state index is 13.1.